The van der Waals surface area contributed by atoms with Crippen LogP contribution in [-0.4, -0.2) is 9.61 Å². The molecule has 0 aliphatic heterocycles. The van der Waals surface area contributed by atoms with Gasteiger partial charge in [0.2, 0.25) is 0 Å². The van der Waals surface area contributed by atoms with Crippen LogP contribution in [-0.2, 0) is 0 Å². The Morgan fingerprint density at radius 2 is 0.943 bits per heavy atom. The summed E-state index contributed by atoms with van der Waals surface area (Å²) >= 11 is 0. The molecule has 0 fully saturated rings. The van der Waals surface area contributed by atoms with Crippen molar-refractivity contribution in [1.29, 1.82) is 0 Å². The normalized spacial score (nSPS) is 11.4. The molecule has 0 bridgehead atoms. The number of rotatable bonds is 3. The van der Waals surface area contributed by atoms with Gasteiger partial charge in [-0.3, -0.25) is 0 Å². The number of nitrogens with zero attached hydrogens (tertiary/aromatic N) is 2. The fraction of sp³-hybridized carbons (Fsp3) is 0. The third kappa shape index (κ3) is 3.31. The molecule has 0 saturated carbocycles. The van der Waals surface area contributed by atoms with Crippen molar-refractivity contribution in [2.45, 2.75) is 0 Å². The lowest BCUT2D eigenvalue weighted by molar-refractivity contribution is 1.03. The average Bonchev–Trinajstić information content (AvgIpc) is 3.32. The van der Waals surface area contributed by atoms with Crippen molar-refractivity contribution in [3.05, 3.63) is 133 Å². The van der Waals surface area contributed by atoms with Crippen LogP contribution in [0.4, 0.5) is 0 Å². The number of pyridine rings is 1. The maximum Gasteiger partial charge on any atom is 0.0934 e. The van der Waals surface area contributed by atoms with E-state index in [0.29, 0.717) is 0 Å². The largest absolute Gasteiger partial charge is 0.232 e. The van der Waals surface area contributed by atoms with Crippen LogP contribution in [0, 0.1) is 0 Å². The van der Waals surface area contributed by atoms with Crippen molar-refractivity contribution in [3.63, 3.8) is 0 Å². The van der Waals surface area contributed by atoms with E-state index in [4.69, 9.17) is 5.10 Å². The van der Waals surface area contributed by atoms with E-state index in [1.165, 1.54) is 44.2 Å². The van der Waals surface area contributed by atoms with Crippen LogP contribution in [0.1, 0.15) is 0 Å². The molecule has 0 N–H and O–H groups in total. The van der Waals surface area contributed by atoms with Crippen LogP contribution in [0.25, 0.3) is 60.7 Å². The standard InChI is InChI=1S/C33H22N2/c1-3-11-23(12-4-1)25-19-26(24-13-5-2-6-14-24)21-27(20-25)30-22-33-29-16-7-9-17-31(29)34-35(33)32-18-10-8-15-28(30)32/h1-22H. The third-order valence-electron chi connectivity index (χ3n) is 6.78. The highest BCUT2D eigenvalue weighted by Crippen LogP contribution is 2.37. The van der Waals surface area contributed by atoms with Crippen LogP contribution in [0.2, 0.25) is 0 Å². The average molecular weight is 447 g/mol. The molecule has 0 amide bonds. The van der Waals surface area contributed by atoms with Gasteiger partial charge in [-0.05, 0) is 69.8 Å². The molecular formula is C33H22N2. The second-order valence-corrected chi connectivity index (χ2v) is 8.92. The molecule has 5 aromatic carbocycles. The zero-order chi connectivity index (χ0) is 23.2. The number of fused-ring (bicyclic) bond motifs is 5. The summed E-state index contributed by atoms with van der Waals surface area (Å²) in [5.41, 5.74) is 10.5. The summed E-state index contributed by atoms with van der Waals surface area (Å²) in [6.07, 6.45) is 0. The Hall–Kier alpha value is -4.69. The van der Waals surface area contributed by atoms with E-state index >= 15 is 0 Å². The summed E-state index contributed by atoms with van der Waals surface area (Å²) in [5.74, 6) is 0. The maximum absolute atomic E-state index is 4.93. The lowest BCUT2D eigenvalue weighted by Crippen LogP contribution is -1.93. The summed E-state index contributed by atoms with van der Waals surface area (Å²) in [6, 6.07) is 47.4. The number of aromatic nitrogens is 2. The molecule has 2 heteroatoms. The smallest absolute Gasteiger partial charge is 0.0934 e. The van der Waals surface area contributed by atoms with Gasteiger partial charge in [0.15, 0.2) is 0 Å². The minimum atomic E-state index is 1.01. The van der Waals surface area contributed by atoms with Crippen molar-refractivity contribution in [1.82, 2.24) is 9.61 Å². The van der Waals surface area contributed by atoms with Crippen LogP contribution in [0.5, 0.6) is 0 Å². The first-order valence-electron chi connectivity index (χ1n) is 11.9. The molecule has 0 radical (unpaired) electrons. The van der Waals surface area contributed by atoms with Crippen LogP contribution < -0.4 is 0 Å². The van der Waals surface area contributed by atoms with Crippen molar-refractivity contribution in [2.75, 3.05) is 0 Å². The zero-order valence-corrected chi connectivity index (χ0v) is 19.1. The minimum Gasteiger partial charge on any atom is -0.232 e. The molecule has 0 saturated heterocycles. The van der Waals surface area contributed by atoms with Gasteiger partial charge in [0.1, 0.15) is 0 Å². The highest BCUT2D eigenvalue weighted by molar-refractivity contribution is 6.05. The SMILES string of the molecule is c1ccc(-c2cc(-c3ccccc3)cc(-c3cc4c5ccccc5nn4c4ccccc34)c2)cc1. The van der Waals surface area contributed by atoms with Crippen molar-refractivity contribution >= 4 is 27.3 Å². The van der Waals surface area contributed by atoms with E-state index < -0.39 is 0 Å². The second kappa shape index (κ2) is 7.96. The molecule has 2 nitrogen and oxygen atoms in total. The summed E-state index contributed by atoms with van der Waals surface area (Å²) < 4.78 is 2.09. The summed E-state index contributed by atoms with van der Waals surface area (Å²) in [5, 5.41) is 7.29. The molecule has 2 heterocycles. The van der Waals surface area contributed by atoms with Gasteiger partial charge in [-0.25, -0.2) is 4.52 Å². The molecule has 7 rings (SSSR count). The van der Waals surface area contributed by atoms with Crippen molar-refractivity contribution < 1.29 is 0 Å². The molecule has 0 spiro atoms. The predicted octanol–water partition coefficient (Wildman–Crippen LogP) is 8.64. The fourth-order valence-corrected chi connectivity index (χ4v) is 5.09. The Kier molecular flexibility index (Phi) is 4.49. The van der Waals surface area contributed by atoms with Gasteiger partial charge in [-0.15, -0.1) is 0 Å². The quantitative estimate of drug-likeness (QED) is 0.265. The molecular weight excluding hydrogens is 424 g/mol. The Morgan fingerprint density at radius 1 is 0.400 bits per heavy atom. The molecule has 0 unspecified atom stereocenters. The van der Waals surface area contributed by atoms with E-state index in [1.807, 2.05) is 6.07 Å². The maximum atomic E-state index is 4.93. The van der Waals surface area contributed by atoms with Gasteiger partial charge in [-0.2, -0.15) is 5.10 Å². The second-order valence-electron chi connectivity index (χ2n) is 8.92. The van der Waals surface area contributed by atoms with E-state index in [2.05, 4.69) is 132 Å². The lowest BCUT2D eigenvalue weighted by Gasteiger charge is -2.14. The number of para-hydroxylation sites is 1. The molecule has 35 heavy (non-hydrogen) atoms. The first kappa shape index (κ1) is 19.7. The van der Waals surface area contributed by atoms with Gasteiger partial charge < -0.3 is 0 Å². The van der Waals surface area contributed by atoms with Crippen molar-refractivity contribution in [2.24, 2.45) is 0 Å². The summed E-state index contributed by atoms with van der Waals surface area (Å²) in [7, 11) is 0. The fourth-order valence-electron chi connectivity index (χ4n) is 5.09. The van der Waals surface area contributed by atoms with Crippen LogP contribution >= 0.6 is 0 Å². The predicted molar refractivity (Wildman–Crippen MR) is 147 cm³/mol. The monoisotopic (exact) mass is 446 g/mol. The highest BCUT2D eigenvalue weighted by atomic mass is 15.2. The molecule has 2 aromatic heterocycles. The molecule has 0 aliphatic carbocycles. The Balaban J connectivity index is 1.57. The highest BCUT2D eigenvalue weighted by Gasteiger charge is 2.14. The topological polar surface area (TPSA) is 17.3 Å². The molecule has 0 atom stereocenters. The molecule has 7 aromatic rings. The van der Waals surface area contributed by atoms with Gasteiger partial charge in [-0.1, -0.05) is 97.1 Å². The first-order chi connectivity index (χ1) is 17.3. The van der Waals surface area contributed by atoms with Gasteiger partial charge >= 0.3 is 0 Å². The summed E-state index contributed by atoms with van der Waals surface area (Å²) in [4.78, 5) is 0. The number of hydrogen-bond acceptors (Lipinski definition) is 1. The third-order valence-corrected chi connectivity index (χ3v) is 6.78. The van der Waals surface area contributed by atoms with Gasteiger partial charge in [0.25, 0.3) is 0 Å². The Morgan fingerprint density at radius 3 is 1.63 bits per heavy atom. The Bertz CT molecular complexity index is 1770. The van der Waals surface area contributed by atoms with E-state index in [9.17, 15) is 0 Å². The number of benzene rings is 5. The molecule has 164 valence electrons. The van der Waals surface area contributed by atoms with E-state index in [0.717, 1.165) is 16.6 Å². The van der Waals surface area contributed by atoms with Crippen molar-refractivity contribution in [3.8, 4) is 33.4 Å². The summed E-state index contributed by atoms with van der Waals surface area (Å²) in [6.45, 7) is 0. The van der Waals surface area contributed by atoms with Gasteiger partial charge in [0.05, 0.1) is 16.6 Å². The first-order valence-corrected chi connectivity index (χ1v) is 11.9. The van der Waals surface area contributed by atoms with E-state index in [1.54, 1.807) is 0 Å². The Labute approximate surface area is 203 Å². The molecule has 0 aliphatic rings. The van der Waals surface area contributed by atoms with Gasteiger partial charge in [0, 0.05) is 10.8 Å². The van der Waals surface area contributed by atoms with Crippen LogP contribution in [0.15, 0.2) is 133 Å². The number of hydrogen-bond donors (Lipinski definition) is 0. The van der Waals surface area contributed by atoms with Crippen LogP contribution in [0.3, 0.4) is 0 Å². The lowest BCUT2D eigenvalue weighted by atomic mass is 9.92. The minimum absolute atomic E-state index is 1.01. The van der Waals surface area contributed by atoms with E-state index in [-0.39, 0.29) is 0 Å². The zero-order valence-electron chi connectivity index (χ0n) is 19.1.